The van der Waals surface area contributed by atoms with Crippen molar-refractivity contribution in [2.75, 3.05) is 38.3 Å². The summed E-state index contributed by atoms with van der Waals surface area (Å²) in [5.41, 5.74) is 9.92. The number of benzene rings is 2. The van der Waals surface area contributed by atoms with E-state index in [4.69, 9.17) is 10.8 Å². The van der Waals surface area contributed by atoms with E-state index in [0.29, 0.717) is 23.4 Å². The zero-order valence-electron chi connectivity index (χ0n) is 15.7. The third-order valence-corrected chi connectivity index (χ3v) is 4.32. The highest BCUT2D eigenvalue weighted by atomic mass is 16.3. The van der Waals surface area contributed by atoms with Gasteiger partial charge in [-0.1, -0.05) is 18.2 Å². The van der Waals surface area contributed by atoms with Crippen molar-refractivity contribution in [2.45, 2.75) is 6.92 Å². The Bertz CT molecular complexity index is 1000. The summed E-state index contributed by atoms with van der Waals surface area (Å²) in [7, 11) is 3.48. The lowest BCUT2D eigenvalue weighted by atomic mass is 9.93. The number of nitrogen functional groups attached to an aromatic ring is 1. The molecule has 0 atom stereocenters. The molecule has 0 aliphatic heterocycles. The molecular weight excluding hydrogens is 342 g/mol. The zero-order valence-corrected chi connectivity index (χ0v) is 15.7. The topological polar surface area (TPSA) is 104 Å². The SMILES string of the molecule is Cc1cccc(C(=O)N(C)C)c1-c1ccc2c(NCCO)nc(N)nc2c1. The van der Waals surface area contributed by atoms with E-state index in [0.717, 1.165) is 22.1 Å². The highest BCUT2D eigenvalue weighted by Crippen LogP contribution is 2.32. The van der Waals surface area contributed by atoms with Crippen LogP contribution in [0.4, 0.5) is 11.8 Å². The lowest BCUT2D eigenvalue weighted by Crippen LogP contribution is -2.22. The summed E-state index contributed by atoms with van der Waals surface area (Å²) >= 11 is 0. The molecule has 1 aromatic heterocycles. The van der Waals surface area contributed by atoms with E-state index < -0.39 is 0 Å². The Kier molecular flexibility index (Phi) is 5.23. The lowest BCUT2D eigenvalue weighted by Gasteiger charge is -2.17. The molecule has 2 aromatic carbocycles. The lowest BCUT2D eigenvalue weighted by molar-refractivity contribution is 0.0828. The molecule has 0 unspecified atom stereocenters. The van der Waals surface area contributed by atoms with Crippen molar-refractivity contribution in [3.8, 4) is 11.1 Å². The average Bonchev–Trinajstić information content (AvgIpc) is 2.64. The monoisotopic (exact) mass is 365 g/mol. The van der Waals surface area contributed by atoms with Crippen molar-refractivity contribution in [3.05, 3.63) is 47.5 Å². The average molecular weight is 365 g/mol. The minimum Gasteiger partial charge on any atom is -0.395 e. The summed E-state index contributed by atoms with van der Waals surface area (Å²) in [6.07, 6.45) is 0. The first-order valence-electron chi connectivity index (χ1n) is 8.66. The Morgan fingerprint density at radius 3 is 2.70 bits per heavy atom. The zero-order chi connectivity index (χ0) is 19.6. The molecule has 1 amide bonds. The van der Waals surface area contributed by atoms with Crippen LogP contribution in [0.15, 0.2) is 36.4 Å². The number of amides is 1. The molecule has 0 aliphatic rings. The quantitative estimate of drug-likeness (QED) is 0.641. The number of hydrogen-bond acceptors (Lipinski definition) is 6. The number of anilines is 2. The minimum atomic E-state index is -0.0544. The molecule has 3 aromatic rings. The number of nitrogens with two attached hydrogens (primary N) is 1. The first kappa shape index (κ1) is 18.6. The number of aryl methyl sites for hydroxylation is 1. The number of rotatable bonds is 5. The Balaban J connectivity index is 2.18. The van der Waals surface area contributed by atoms with Crippen LogP contribution in [0.1, 0.15) is 15.9 Å². The molecule has 0 spiro atoms. The number of hydrogen-bond donors (Lipinski definition) is 3. The van der Waals surface area contributed by atoms with Crippen molar-refractivity contribution in [1.29, 1.82) is 0 Å². The van der Waals surface area contributed by atoms with E-state index in [-0.39, 0.29) is 18.5 Å². The molecule has 0 bridgehead atoms. The van der Waals surface area contributed by atoms with Crippen molar-refractivity contribution in [1.82, 2.24) is 14.9 Å². The van der Waals surface area contributed by atoms with Crippen LogP contribution >= 0.6 is 0 Å². The largest absolute Gasteiger partial charge is 0.395 e. The fraction of sp³-hybridized carbons (Fsp3) is 0.250. The summed E-state index contributed by atoms with van der Waals surface area (Å²) in [5.74, 6) is 0.670. The number of fused-ring (bicyclic) bond motifs is 1. The van der Waals surface area contributed by atoms with Gasteiger partial charge in [0, 0.05) is 31.6 Å². The van der Waals surface area contributed by atoms with Crippen LogP contribution < -0.4 is 11.1 Å². The number of aliphatic hydroxyl groups excluding tert-OH is 1. The van der Waals surface area contributed by atoms with Gasteiger partial charge in [0.1, 0.15) is 5.82 Å². The predicted octanol–water partition coefficient (Wildman–Crippen LogP) is 2.29. The van der Waals surface area contributed by atoms with Crippen molar-refractivity contribution < 1.29 is 9.90 Å². The van der Waals surface area contributed by atoms with Gasteiger partial charge in [-0.15, -0.1) is 0 Å². The summed E-state index contributed by atoms with van der Waals surface area (Å²) in [5, 5.41) is 12.9. The second-order valence-electron chi connectivity index (χ2n) is 6.51. The first-order valence-corrected chi connectivity index (χ1v) is 8.66. The molecule has 4 N–H and O–H groups in total. The molecule has 0 saturated carbocycles. The van der Waals surface area contributed by atoms with Gasteiger partial charge in [-0.05, 0) is 41.8 Å². The van der Waals surface area contributed by atoms with Gasteiger partial charge in [-0.3, -0.25) is 4.79 Å². The van der Waals surface area contributed by atoms with Crippen LogP contribution in [0.2, 0.25) is 0 Å². The Morgan fingerprint density at radius 1 is 1.22 bits per heavy atom. The van der Waals surface area contributed by atoms with Gasteiger partial charge >= 0.3 is 0 Å². The minimum absolute atomic E-state index is 0.0112. The second-order valence-corrected chi connectivity index (χ2v) is 6.51. The molecule has 140 valence electrons. The Labute approximate surface area is 157 Å². The van der Waals surface area contributed by atoms with Crippen LogP contribution in [-0.4, -0.2) is 53.1 Å². The highest BCUT2D eigenvalue weighted by Gasteiger charge is 2.17. The number of aromatic nitrogens is 2. The first-order chi connectivity index (χ1) is 12.9. The Morgan fingerprint density at radius 2 is 2.00 bits per heavy atom. The fourth-order valence-corrected chi connectivity index (χ4v) is 3.08. The summed E-state index contributed by atoms with van der Waals surface area (Å²) in [4.78, 5) is 22.7. The third kappa shape index (κ3) is 3.68. The van der Waals surface area contributed by atoms with E-state index in [9.17, 15) is 4.79 Å². The number of carbonyl (C=O) groups excluding carboxylic acids is 1. The second kappa shape index (κ2) is 7.59. The molecule has 3 rings (SSSR count). The molecule has 0 fully saturated rings. The Hall–Kier alpha value is -3.19. The maximum atomic E-state index is 12.6. The van der Waals surface area contributed by atoms with Gasteiger partial charge in [0.15, 0.2) is 0 Å². The molecule has 1 heterocycles. The molecular formula is C20H23N5O2. The van der Waals surface area contributed by atoms with Gasteiger partial charge in [0.2, 0.25) is 5.95 Å². The van der Waals surface area contributed by atoms with Crippen molar-refractivity contribution in [3.63, 3.8) is 0 Å². The number of nitrogens with zero attached hydrogens (tertiary/aromatic N) is 3. The summed E-state index contributed by atoms with van der Waals surface area (Å²) < 4.78 is 0. The highest BCUT2D eigenvalue weighted by molar-refractivity contribution is 6.03. The van der Waals surface area contributed by atoms with Crippen LogP contribution in [-0.2, 0) is 0 Å². The number of aliphatic hydroxyl groups is 1. The van der Waals surface area contributed by atoms with E-state index in [2.05, 4.69) is 15.3 Å². The molecule has 0 radical (unpaired) electrons. The predicted molar refractivity (Wildman–Crippen MR) is 108 cm³/mol. The van der Waals surface area contributed by atoms with Gasteiger partial charge < -0.3 is 21.1 Å². The van der Waals surface area contributed by atoms with E-state index >= 15 is 0 Å². The van der Waals surface area contributed by atoms with Crippen molar-refractivity contribution in [2.24, 2.45) is 0 Å². The van der Waals surface area contributed by atoms with Crippen LogP contribution in [0.3, 0.4) is 0 Å². The van der Waals surface area contributed by atoms with Gasteiger partial charge in [0.05, 0.1) is 12.1 Å². The molecule has 7 heteroatoms. The maximum Gasteiger partial charge on any atom is 0.253 e. The molecule has 7 nitrogen and oxygen atoms in total. The maximum absolute atomic E-state index is 12.6. The number of carbonyl (C=O) groups is 1. The van der Waals surface area contributed by atoms with E-state index in [1.165, 1.54) is 0 Å². The van der Waals surface area contributed by atoms with Crippen LogP contribution in [0, 0.1) is 6.92 Å². The molecule has 0 aliphatic carbocycles. The molecule has 0 saturated heterocycles. The normalized spacial score (nSPS) is 10.8. The van der Waals surface area contributed by atoms with Gasteiger partial charge in [0.25, 0.3) is 5.91 Å². The van der Waals surface area contributed by atoms with Gasteiger partial charge in [-0.2, -0.15) is 4.98 Å². The standard InChI is InChI=1S/C20H23N5O2/c1-12-5-4-6-15(19(27)25(2)3)17(12)13-7-8-14-16(11-13)23-20(21)24-18(14)22-9-10-26/h4-8,11,26H,9-10H2,1-3H3,(H3,21,22,23,24). The third-order valence-electron chi connectivity index (χ3n) is 4.32. The fourth-order valence-electron chi connectivity index (χ4n) is 3.08. The number of nitrogens with one attached hydrogen (secondary N) is 1. The van der Waals surface area contributed by atoms with Crippen LogP contribution in [0.25, 0.3) is 22.0 Å². The smallest absolute Gasteiger partial charge is 0.253 e. The van der Waals surface area contributed by atoms with Crippen molar-refractivity contribution >= 4 is 28.6 Å². The van der Waals surface area contributed by atoms with Crippen LogP contribution in [0.5, 0.6) is 0 Å². The molecule has 27 heavy (non-hydrogen) atoms. The van der Waals surface area contributed by atoms with Gasteiger partial charge in [-0.25, -0.2) is 4.98 Å². The summed E-state index contributed by atoms with van der Waals surface area (Å²) in [6, 6.07) is 11.5. The van der Waals surface area contributed by atoms with E-state index in [1.54, 1.807) is 19.0 Å². The summed E-state index contributed by atoms with van der Waals surface area (Å²) in [6.45, 7) is 2.34. The van der Waals surface area contributed by atoms with E-state index in [1.807, 2.05) is 43.3 Å².